The average Bonchev–Trinajstić information content (AvgIpc) is 3.07. The first kappa shape index (κ1) is 12.5. The number of rotatable bonds is 1. The van der Waals surface area contributed by atoms with Gasteiger partial charge in [0, 0.05) is 35.2 Å². The number of hydrazine groups is 1. The molecule has 0 spiro atoms. The number of hydrogen-bond donors (Lipinski definition) is 2. The molecule has 8 heteroatoms. The SMILES string of the molecule is CN1C=C(c2nc3c4cccc(Br)c4nc(N)n3n2)CN1. The number of nitrogens with one attached hydrogen (secondary N) is 1. The summed E-state index contributed by atoms with van der Waals surface area (Å²) >= 11 is 3.49. The Morgan fingerprint density at radius 3 is 2.95 bits per heavy atom. The van der Waals surface area contributed by atoms with Gasteiger partial charge in [0.1, 0.15) is 0 Å². The van der Waals surface area contributed by atoms with E-state index in [1.807, 2.05) is 36.5 Å². The quantitative estimate of drug-likeness (QED) is 0.693. The predicted octanol–water partition coefficient (Wildman–Crippen LogP) is 1.41. The fraction of sp³-hybridized carbons (Fsp3) is 0.154. The zero-order chi connectivity index (χ0) is 14.6. The molecule has 0 unspecified atom stereocenters. The number of nitrogens with zero attached hydrogens (tertiary/aromatic N) is 5. The third-order valence-corrected chi connectivity index (χ3v) is 4.07. The summed E-state index contributed by atoms with van der Waals surface area (Å²) in [7, 11) is 1.94. The third kappa shape index (κ3) is 1.87. The molecule has 0 bridgehead atoms. The van der Waals surface area contributed by atoms with Gasteiger partial charge in [-0.05, 0) is 28.1 Å². The molecule has 2 aromatic heterocycles. The minimum atomic E-state index is 0.322. The minimum Gasteiger partial charge on any atom is -0.368 e. The summed E-state index contributed by atoms with van der Waals surface area (Å²) in [4.78, 5) is 9.04. The smallest absolute Gasteiger partial charge is 0.223 e. The Kier molecular flexibility index (Phi) is 2.63. The topological polar surface area (TPSA) is 84.4 Å². The van der Waals surface area contributed by atoms with Crippen LogP contribution in [0.2, 0.25) is 0 Å². The fourth-order valence-corrected chi connectivity index (χ4v) is 2.88. The molecule has 7 nitrogen and oxygen atoms in total. The first-order chi connectivity index (χ1) is 10.1. The number of nitrogen functional groups attached to an aromatic ring is 1. The second kappa shape index (κ2) is 4.40. The monoisotopic (exact) mass is 345 g/mol. The zero-order valence-electron chi connectivity index (χ0n) is 11.2. The molecule has 3 aromatic rings. The molecule has 0 fully saturated rings. The van der Waals surface area contributed by atoms with Crippen LogP contribution in [0.15, 0.2) is 28.9 Å². The van der Waals surface area contributed by atoms with Gasteiger partial charge in [0.2, 0.25) is 5.95 Å². The van der Waals surface area contributed by atoms with Gasteiger partial charge in [0.05, 0.1) is 5.52 Å². The van der Waals surface area contributed by atoms with Crippen molar-refractivity contribution in [3.63, 3.8) is 0 Å². The van der Waals surface area contributed by atoms with Gasteiger partial charge >= 0.3 is 0 Å². The molecule has 0 radical (unpaired) electrons. The van der Waals surface area contributed by atoms with Crippen LogP contribution in [0.5, 0.6) is 0 Å². The standard InChI is InChI=1S/C13H12BrN7/c1-20-6-7(5-16-20)11-18-12-8-3-2-4-9(14)10(8)17-13(15)21(12)19-11/h2-4,6,16H,5H2,1H3,(H2,15,17). The summed E-state index contributed by atoms with van der Waals surface area (Å²) in [6, 6.07) is 5.84. The molecular formula is C13H12BrN7. The number of hydrogen-bond acceptors (Lipinski definition) is 6. The summed E-state index contributed by atoms with van der Waals surface area (Å²) in [6.07, 6.45) is 1.97. The van der Waals surface area contributed by atoms with Crippen LogP contribution >= 0.6 is 15.9 Å². The number of anilines is 1. The van der Waals surface area contributed by atoms with Gasteiger partial charge in [-0.1, -0.05) is 6.07 Å². The van der Waals surface area contributed by atoms with Gasteiger partial charge in [-0.15, -0.1) is 5.10 Å². The summed E-state index contributed by atoms with van der Waals surface area (Å²) in [5.74, 6) is 0.982. The molecule has 1 aromatic carbocycles. The zero-order valence-corrected chi connectivity index (χ0v) is 12.8. The van der Waals surface area contributed by atoms with E-state index in [1.54, 1.807) is 4.52 Å². The van der Waals surface area contributed by atoms with Gasteiger partial charge in [-0.25, -0.2) is 15.4 Å². The van der Waals surface area contributed by atoms with Crippen LogP contribution in [-0.2, 0) is 0 Å². The number of para-hydroxylation sites is 1. The normalized spacial score (nSPS) is 15.1. The van der Waals surface area contributed by atoms with Crippen LogP contribution in [0.1, 0.15) is 5.82 Å². The number of fused-ring (bicyclic) bond motifs is 3. The molecule has 1 aliphatic heterocycles. The molecule has 1 aliphatic rings. The Hall–Kier alpha value is -2.19. The first-order valence-electron chi connectivity index (χ1n) is 6.41. The Morgan fingerprint density at radius 2 is 2.19 bits per heavy atom. The third-order valence-electron chi connectivity index (χ3n) is 3.43. The highest BCUT2D eigenvalue weighted by atomic mass is 79.9. The lowest BCUT2D eigenvalue weighted by atomic mass is 10.2. The van der Waals surface area contributed by atoms with E-state index in [9.17, 15) is 0 Å². The van der Waals surface area contributed by atoms with E-state index in [0.717, 1.165) is 20.9 Å². The lowest BCUT2D eigenvalue weighted by Gasteiger charge is -2.04. The molecule has 0 aliphatic carbocycles. The molecule has 21 heavy (non-hydrogen) atoms. The second-order valence-corrected chi connectivity index (χ2v) is 5.73. The van der Waals surface area contributed by atoms with E-state index < -0.39 is 0 Å². The second-order valence-electron chi connectivity index (χ2n) is 4.88. The molecule has 106 valence electrons. The molecule has 0 atom stereocenters. The maximum atomic E-state index is 6.01. The Balaban J connectivity index is 2.03. The largest absolute Gasteiger partial charge is 0.368 e. The number of aromatic nitrogens is 4. The van der Waals surface area contributed by atoms with Crippen molar-refractivity contribution in [3.05, 3.63) is 34.7 Å². The summed E-state index contributed by atoms with van der Waals surface area (Å²) in [5.41, 5.74) is 11.7. The van der Waals surface area contributed by atoms with E-state index in [4.69, 9.17) is 5.73 Å². The average molecular weight is 346 g/mol. The summed E-state index contributed by atoms with van der Waals surface area (Å²) < 4.78 is 2.48. The molecule has 0 amide bonds. The number of nitrogens with two attached hydrogens (primary N) is 1. The van der Waals surface area contributed by atoms with E-state index >= 15 is 0 Å². The van der Waals surface area contributed by atoms with Gasteiger partial charge < -0.3 is 10.7 Å². The van der Waals surface area contributed by atoms with Gasteiger partial charge in [0.15, 0.2) is 11.5 Å². The molecule has 3 heterocycles. The van der Waals surface area contributed by atoms with Gasteiger partial charge in [-0.3, -0.25) is 0 Å². The van der Waals surface area contributed by atoms with Crippen molar-refractivity contribution in [1.82, 2.24) is 30.0 Å². The van der Waals surface area contributed by atoms with Crippen molar-refractivity contribution in [2.45, 2.75) is 0 Å². The Bertz CT molecular complexity index is 898. The van der Waals surface area contributed by atoms with Crippen molar-refractivity contribution in [2.75, 3.05) is 19.3 Å². The van der Waals surface area contributed by atoms with Crippen molar-refractivity contribution in [2.24, 2.45) is 0 Å². The highest BCUT2D eigenvalue weighted by molar-refractivity contribution is 9.10. The van der Waals surface area contributed by atoms with Crippen LogP contribution in [0, 0.1) is 0 Å². The Labute approximate surface area is 128 Å². The maximum Gasteiger partial charge on any atom is 0.223 e. The molecular weight excluding hydrogens is 334 g/mol. The van der Waals surface area contributed by atoms with E-state index in [0.29, 0.717) is 24.0 Å². The Morgan fingerprint density at radius 1 is 1.33 bits per heavy atom. The van der Waals surface area contributed by atoms with Crippen molar-refractivity contribution < 1.29 is 0 Å². The molecule has 0 saturated heterocycles. The van der Waals surface area contributed by atoms with Gasteiger partial charge in [0.25, 0.3) is 0 Å². The van der Waals surface area contributed by atoms with E-state index in [-0.39, 0.29) is 0 Å². The highest BCUT2D eigenvalue weighted by Gasteiger charge is 2.18. The highest BCUT2D eigenvalue weighted by Crippen LogP contribution is 2.27. The van der Waals surface area contributed by atoms with Crippen molar-refractivity contribution in [1.29, 1.82) is 0 Å². The predicted molar refractivity (Wildman–Crippen MR) is 84.1 cm³/mol. The molecule has 0 saturated carbocycles. The lowest BCUT2D eigenvalue weighted by Crippen LogP contribution is -2.23. The van der Waals surface area contributed by atoms with Gasteiger partial charge in [-0.2, -0.15) is 4.52 Å². The number of benzene rings is 1. The van der Waals surface area contributed by atoms with Crippen LogP contribution < -0.4 is 11.2 Å². The van der Waals surface area contributed by atoms with Crippen molar-refractivity contribution >= 4 is 44.0 Å². The number of halogens is 1. The minimum absolute atomic E-state index is 0.322. The van der Waals surface area contributed by atoms with Crippen LogP contribution in [-0.4, -0.2) is 38.2 Å². The first-order valence-corrected chi connectivity index (χ1v) is 7.20. The summed E-state index contributed by atoms with van der Waals surface area (Å²) in [5, 5.41) is 7.28. The van der Waals surface area contributed by atoms with Crippen LogP contribution in [0.3, 0.4) is 0 Å². The maximum absolute atomic E-state index is 6.01. The van der Waals surface area contributed by atoms with E-state index in [1.165, 1.54) is 0 Å². The molecule has 4 rings (SSSR count). The molecule has 3 N–H and O–H groups in total. The van der Waals surface area contributed by atoms with Crippen LogP contribution in [0.25, 0.3) is 22.1 Å². The summed E-state index contributed by atoms with van der Waals surface area (Å²) in [6.45, 7) is 0.697. The van der Waals surface area contributed by atoms with Crippen molar-refractivity contribution in [3.8, 4) is 0 Å². The fourth-order valence-electron chi connectivity index (χ4n) is 2.43. The lowest BCUT2D eigenvalue weighted by molar-refractivity contribution is 0.374. The van der Waals surface area contributed by atoms with E-state index in [2.05, 4.69) is 36.4 Å². The van der Waals surface area contributed by atoms with Crippen LogP contribution in [0.4, 0.5) is 5.95 Å².